The number of benzene rings is 2. The molecule has 1 aliphatic heterocycles. The van der Waals surface area contributed by atoms with E-state index in [0.29, 0.717) is 18.6 Å². The number of nitrogens with one attached hydrogen (secondary N) is 1. The maximum atomic E-state index is 11.7. The minimum Gasteiger partial charge on any atom is -0.480 e. The second kappa shape index (κ2) is 10.8. The van der Waals surface area contributed by atoms with E-state index in [-0.39, 0.29) is 19.1 Å². The van der Waals surface area contributed by atoms with Crippen molar-refractivity contribution in [2.45, 2.75) is 45.2 Å². The van der Waals surface area contributed by atoms with Crippen molar-refractivity contribution in [3.05, 3.63) is 77.0 Å². The first-order chi connectivity index (χ1) is 15.3. The summed E-state index contributed by atoms with van der Waals surface area (Å²) in [5.41, 5.74) is 2.75. The second-order valence-corrected chi connectivity index (χ2v) is 8.30. The summed E-state index contributed by atoms with van der Waals surface area (Å²) in [7, 11) is 0. The van der Waals surface area contributed by atoms with E-state index in [1.165, 1.54) is 0 Å². The highest BCUT2D eigenvalue weighted by Gasteiger charge is 2.27. The third-order valence-electron chi connectivity index (χ3n) is 5.26. The first kappa shape index (κ1) is 23.3. The van der Waals surface area contributed by atoms with Crippen molar-refractivity contribution in [3.8, 4) is 0 Å². The molecular formula is C25H29NO6. The molecule has 1 heterocycles. The third kappa shape index (κ3) is 6.34. The number of hydrogen-bond acceptors (Lipinski definition) is 5. The van der Waals surface area contributed by atoms with E-state index in [0.717, 1.165) is 22.4 Å². The fourth-order valence-electron chi connectivity index (χ4n) is 3.66. The normalized spacial score (nSPS) is 15.2. The van der Waals surface area contributed by atoms with Gasteiger partial charge in [0.1, 0.15) is 17.8 Å². The van der Waals surface area contributed by atoms with Crippen LogP contribution in [0.3, 0.4) is 0 Å². The molecule has 2 atom stereocenters. The monoisotopic (exact) mass is 439 g/mol. The van der Waals surface area contributed by atoms with Gasteiger partial charge in [-0.05, 0) is 29.9 Å². The molecule has 0 fully saturated rings. The number of ether oxygens (including phenoxy) is 2. The Kier molecular flexibility index (Phi) is 7.89. The number of rotatable bonds is 11. The van der Waals surface area contributed by atoms with E-state index in [4.69, 9.17) is 9.47 Å². The summed E-state index contributed by atoms with van der Waals surface area (Å²) in [6, 6.07) is 15.5. The first-order valence-corrected chi connectivity index (χ1v) is 10.7. The SMILES string of the molecule is CC(C)CC(NC(Cc1ccc(C2=C(Cc3ccccc3)OCO2)cc1)C(=O)O)C(=O)O. The van der Waals surface area contributed by atoms with Crippen LogP contribution in [0.4, 0.5) is 0 Å². The Hall–Kier alpha value is -3.32. The third-order valence-corrected chi connectivity index (χ3v) is 5.26. The number of aliphatic carboxylic acids is 2. The summed E-state index contributed by atoms with van der Waals surface area (Å²) >= 11 is 0. The van der Waals surface area contributed by atoms with Crippen molar-refractivity contribution in [1.82, 2.24) is 5.32 Å². The number of allylic oxidation sites excluding steroid dienone is 1. The minimum absolute atomic E-state index is 0.129. The van der Waals surface area contributed by atoms with Crippen LogP contribution in [0, 0.1) is 5.92 Å². The molecule has 0 radical (unpaired) electrons. The zero-order valence-electron chi connectivity index (χ0n) is 18.3. The number of carbonyl (C=O) groups is 2. The van der Waals surface area contributed by atoms with Crippen molar-refractivity contribution in [3.63, 3.8) is 0 Å². The molecule has 0 bridgehead atoms. The molecule has 2 unspecified atom stereocenters. The molecule has 7 heteroatoms. The Bertz CT molecular complexity index is 952. The molecule has 0 spiro atoms. The van der Waals surface area contributed by atoms with Crippen LogP contribution in [0.25, 0.3) is 5.76 Å². The lowest BCUT2D eigenvalue weighted by atomic mass is 9.99. The fraction of sp³-hybridized carbons (Fsp3) is 0.360. The Morgan fingerprint density at radius 2 is 1.56 bits per heavy atom. The van der Waals surface area contributed by atoms with Gasteiger partial charge in [-0.1, -0.05) is 68.4 Å². The first-order valence-electron chi connectivity index (χ1n) is 10.7. The highest BCUT2D eigenvalue weighted by Crippen LogP contribution is 2.29. The van der Waals surface area contributed by atoms with Gasteiger partial charge >= 0.3 is 11.9 Å². The number of hydrogen-bond donors (Lipinski definition) is 3. The number of carboxylic acid groups (broad SMARTS) is 2. The molecule has 0 saturated heterocycles. The number of carboxylic acids is 2. The van der Waals surface area contributed by atoms with E-state index in [9.17, 15) is 19.8 Å². The maximum absolute atomic E-state index is 11.7. The van der Waals surface area contributed by atoms with Crippen molar-refractivity contribution >= 4 is 17.7 Å². The predicted molar refractivity (Wildman–Crippen MR) is 120 cm³/mol. The minimum atomic E-state index is -1.08. The average molecular weight is 440 g/mol. The van der Waals surface area contributed by atoms with Crippen LogP contribution in [-0.4, -0.2) is 41.0 Å². The Labute approximate surface area is 187 Å². The van der Waals surface area contributed by atoms with Gasteiger partial charge in [0.2, 0.25) is 6.79 Å². The van der Waals surface area contributed by atoms with Gasteiger partial charge in [-0.15, -0.1) is 0 Å². The lowest BCUT2D eigenvalue weighted by Gasteiger charge is -2.22. The molecule has 3 N–H and O–H groups in total. The molecule has 3 rings (SSSR count). The largest absolute Gasteiger partial charge is 0.480 e. The van der Waals surface area contributed by atoms with Crippen molar-refractivity contribution < 1.29 is 29.3 Å². The van der Waals surface area contributed by atoms with Gasteiger partial charge in [0.15, 0.2) is 5.76 Å². The lowest BCUT2D eigenvalue weighted by Crippen LogP contribution is -2.48. The van der Waals surface area contributed by atoms with Crippen molar-refractivity contribution in [1.29, 1.82) is 0 Å². The van der Waals surface area contributed by atoms with Crippen LogP contribution in [0.5, 0.6) is 0 Å². The van der Waals surface area contributed by atoms with Gasteiger partial charge in [-0.2, -0.15) is 0 Å². The van der Waals surface area contributed by atoms with Crippen LogP contribution in [0.15, 0.2) is 60.4 Å². The van der Waals surface area contributed by atoms with Gasteiger partial charge in [0.25, 0.3) is 0 Å². The predicted octanol–water partition coefficient (Wildman–Crippen LogP) is 3.69. The summed E-state index contributed by atoms with van der Waals surface area (Å²) in [5, 5.41) is 21.8. The van der Waals surface area contributed by atoms with Gasteiger partial charge in [0, 0.05) is 12.0 Å². The molecule has 32 heavy (non-hydrogen) atoms. The highest BCUT2D eigenvalue weighted by molar-refractivity contribution is 5.77. The van der Waals surface area contributed by atoms with Crippen molar-refractivity contribution in [2.75, 3.05) is 6.79 Å². The molecule has 2 aromatic carbocycles. The summed E-state index contributed by atoms with van der Waals surface area (Å²) in [5.74, 6) is -0.562. The van der Waals surface area contributed by atoms with Gasteiger partial charge < -0.3 is 19.7 Å². The molecule has 1 aliphatic rings. The standard InChI is InChI=1S/C25H29NO6/c1-16(2)12-20(24(27)28)26-21(25(29)30)13-18-8-10-19(11-9-18)23-22(31-15-32-23)14-17-6-4-3-5-7-17/h3-11,16,20-21,26H,12-15H2,1-2H3,(H,27,28)(H,29,30). The zero-order valence-corrected chi connectivity index (χ0v) is 18.3. The quantitative estimate of drug-likeness (QED) is 0.490. The molecule has 170 valence electrons. The van der Waals surface area contributed by atoms with E-state index in [2.05, 4.69) is 5.32 Å². The van der Waals surface area contributed by atoms with Crippen LogP contribution >= 0.6 is 0 Å². The van der Waals surface area contributed by atoms with E-state index < -0.39 is 24.0 Å². The molecule has 0 amide bonds. The smallest absolute Gasteiger partial charge is 0.321 e. The summed E-state index contributed by atoms with van der Waals surface area (Å²) < 4.78 is 11.3. The topological polar surface area (TPSA) is 105 Å². The summed E-state index contributed by atoms with van der Waals surface area (Å²) in [6.07, 6.45) is 1.15. The molecule has 2 aromatic rings. The van der Waals surface area contributed by atoms with Gasteiger partial charge in [0.05, 0.1) is 0 Å². The average Bonchev–Trinajstić information content (AvgIpc) is 3.21. The highest BCUT2D eigenvalue weighted by atomic mass is 16.7. The zero-order chi connectivity index (χ0) is 23.1. The van der Waals surface area contributed by atoms with E-state index in [1.807, 2.05) is 68.4 Å². The molecule has 0 saturated carbocycles. The Morgan fingerprint density at radius 3 is 2.16 bits per heavy atom. The Morgan fingerprint density at radius 1 is 0.906 bits per heavy atom. The van der Waals surface area contributed by atoms with Crippen LogP contribution in [-0.2, 0) is 31.9 Å². The van der Waals surface area contributed by atoms with Crippen LogP contribution < -0.4 is 5.32 Å². The van der Waals surface area contributed by atoms with E-state index >= 15 is 0 Å². The summed E-state index contributed by atoms with van der Waals surface area (Å²) in [6.45, 7) is 3.97. The molecule has 0 aromatic heterocycles. The van der Waals surface area contributed by atoms with Crippen LogP contribution in [0.2, 0.25) is 0 Å². The lowest BCUT2D eigenvalue weighted by molar-refractivity contribution is -0.142. The van der Waals surface area contributed by atoms with Gasteiger partial charge in [-0.25, -0.2) is 0 Å². The second-order valence-electron chi connectivity index (χ2n) is 8.30. The molecule has 7 nitrogen and oxygen atoms in total. The fourth-order valence-corrected chi connectivity index (χ4v) is 3.66. The molecule has 0 aliphatic carbocycles. The summed E-state index contributed by atoms with van der Waals surface area (Å²) in [4.78, 5) is 23.3. The van der Waals surface area contributed by atoms with Gasteiger partial charge in [-0.3, -0.25) is 14.9 Å². The van der Waals surface area contributed by atoms with E-state index in [1.54, 1.807) is 0 Å². The van der Waals surface area contributed by atoms with Crippen LogP contribution in [0.1, 0.15) is 37.0 Å². The van der Waals surface area contributed by atoms with Crippen molar-refractivity contribution in [2.24, 2.45) is 5.92 Å². The molecular weight excluding hydrogens is 410 g/mol. The maximum Gasteiger partial charge on any atom is 0.321 e. The Balaban J connectivity index is 1.71.